The Hall–Kier alpha value is -0.580. The van der Waals surface area contributed by atoms with Gasteiger partial charge in [0.05, 0.1) is 31.3 Å². The average molecular weight is 513 g/mol. The van der Waals surface area contributed by atoms with Crippen molar-refractivity contribution in [3.63, 3.8) is 0 Å². The van der Waals surface area contributed by atoms with Gasteiger partial charge in [-0.3, -0.25) is 4.90 Å². The van der Waals surface area contributed by atoms with Crippen LogP contribution in [0.25, 0.3) is 0 Å². The van der Waals surface area contributed by atoms with Crippen molar-refractivity contribution in [2.45, 2.75) is 13.0 Å². The van der Waals surface area contributed by atoms with Gasteiger partial charge in [-0.05, 0) is 46.6 Å². The third kappa shape index (κ3) is 7.54. The Labute approximate surface area is 169 Å². The summed E-state index contributed by atoms with van der Waals surface area (Å²) in [4.78, 5) is 6.77. The Kier molecular flexibility index (Phi) is 10.6. The standard InChI is InChI=1S/C16H25BrN4O2.HI/c1-22-15-4-3-13(11-14(15)17)12-20-16(18)19-5-2-6-21-7-9-23-10-8-21;/h3-4,11H,2,5-10,12H2,1H3,(H3,18,19,20);1H. The van der Waals surface area contributed by atoms with Gasteiger partial charge in [0.1, 0.15) is 5.75 Å². The number of hydrogen-bond donors (Lipinski definition) is 2. The summed E-state index contributed by atoms with van der Waals surface area (Å²) in [6.45, 7) is 6.17. The third-order valence-corrected chi connectivity index (χ3v) is 4.33. The lowest BCUT2D eigenvalue weighted by molar-refractivity contribution is 0.0376. The highest BCUT2D eigenvalue weighted by molar-refractivity contribution is 14.0. The highest BCUT2D eigenvalue weighted by atomic mass is 127. The number of morpholine rings is 1. The summed E-state index contributed by atoms with van der Waals surface area (Å²) < 4.78 is 11.5. The van der Waals surface area contributed by atoms with E-state index in [2.05, 4.69) is 31.1 Å². The molecule has 2 rings (SSSR count). The van der Waals surface area contributed by atoms with Crippen LogP contribution in [-0.2, 0) is 11.3 Å². The lowest BCUT2D eigenvalue weighted by atomic mass is 10.2. The monoisotopic (exact) mass is 512 g/mol. The maximum Gasteiger partial charge on any atom is 0.188 e. The Morgan fingerprint density at radius 1 is 1.42 bits per heavy atom. The van der Waals surface area contributed by atoms with E-state index in [9.17, 15) is 0 Å². The zero-order chi connectivity index (χ0) is 16.5. The quantitative estimate of drug-likeness (QED) is 0.253. The van der Waals surface area contributed by atoms with Crippen LogP contribution < -0.4 is 15.8 Å². The molecular weight excluding hydrogens is 487 g/mol. The maximum atomic E-state index is 5.90. The molecule has 0 bridgehead atoms. The van der Waals surface area contributed by atoms with Crippen molar-refractivity contribution in [1.82, 2.24) is 10.2 Å². The average Bonchev–Trinajstić information content (AvgIpc) is 2.58. The van der Waals surface area contributed by atoms with Crippen LogP contribution in [0.3, 0.4) is 0 Å². The van der Waals surface area contributed by atoms with Gasteiger partial charge in [0.15, 0.2) is 5.96 Å². The van der Waals surface area contributed by atoms with Gasteiger partial charge in [-0.2, -0.15) is 0 Å². The first-order chi connectivity index (χ1) is 11.2. The second-order valence-electron chi connectivity index (χ2n) is 5.40. The number of halogens is 2. The molecule has 1 aromatic carbocycles. The lowest BCUT2D eigenvalue weighted by Crippen LogP contribution is -2.39. The summed E-state index contributed by atoms with van der Waals surface area (Å²) in [5, 5.41) is 3.16. The smallest absolute Gasteiger partial charge is 0.188 e. The fraction of sp³-hybridized carbons (Fsp3) is 0.562. The number of ether oxygens (including phenoxy) is 2. The third-order valence-electron chi connectivity index (χ3n) is 3.71. The Morgan fingerprint density at radius 3 is 2.83 bits per heavy atom. The first-order valence-corrected chi connectivity index (χ1v) is 8.64. The number of rotatable bonds is 7. The normalized spacial score (nSPS) is 15.7. The minimum atomic E-state index is 0. The Morgan fingerprint density at radius 2 is 2.17 bits per heavy atom. The van der Waals surface area contributed by atoms with Crippen LogP contribution >= 0.6 is 39.9 Å². The molecule has 1 aliphatic heterocycles. The summed E-state index contributed by atoms with van der Waals surface area (Å²) in [5.41, 5.74) is 6.98. The van der Waals surface area contributed by atoms with Crippen molar-refractivity contribution in [2.75, 3.05) is 46.5 Å². The number of methoxy groups -OCH3 is 1. The van der Waals surface area contributed by atoms with Crippen molar-refractivity contribution in [1.29, 1.82) is 0 Å². The van der Waals surface area contributed by atoms with E-state index >= 15 is 0 Å². The summed E-state index contributed by atoms with van der Waals surface area (Å²) in [6.07, 6.45) is 1.05. The van der Waals surface area contributed by atoms with Crippen LogP contribution in [0, 0.1) is 0 Å². The van der Waals surface area contributed by atoms with E-state index in [1.54, 1.807) is 7.11 Å². The van der Waals surface area contributed by atoms with Gasteiger partial charge < -0.3 is 20.5 Å². The minimum Gasteiger partial charge on any atom is -0.496 e. The molecule has 0 unspecified atom stereocenters. The molecule has 1 heterocycles. The molecule has 0 atom stereocenters. The summed E-state index contributed by atoms with van der Waals surface area (Å²) >= 11 is 3.47. The number of benzene rings is 1. The van der Waals surface area contributed by atoms with Crippen molar-refractivity contribution in [2.24, 2.45) is 10.7 Å². The maximum absolute atomic E-state index is 5.90. The van der Waals surface area contributed by atoms with Crippen molar-refractivity contribution >= 4 is 45.9 Å². The minimum absolute atomic E-state index is 0. The molecular formula is C16H26BrIN4O2. The van der Waals surface area contributed by atoms with Gasteiger partial charge in [0.2, 0.25) is 0 Å². The molecule has 1 aromatic rings. The molecule has 6 nitrogen and oxygen atoms in total. The number of nitrogens with one attached hydrogen (secondary N) is 1. The molecule has 0 saturated carbocycles. The van der Waals surface area contributed by atoms with E-state index in [-0.39, 0.29) is 24.0 Å². The predicted octanol–water partition coefficient (Wildman–Crippen LogP) is 2.20. The van der Waals surface area contributed by atoms with E-state index in [0.29, 0.717) is 12.5 Å². The van der Waals surface area contributed by atoms with E-state index in [1.165, 1.54) is 0 Å². The van der Waals surface area contributed by atoms with E-state index < -0.39 is 0 Å². The molecule has 0 amide bonds. The van der Waals surface area contributed by atoms with Gasteiger partial charge in [0.25, 0.3) is 0 Å². The number of aliphatic imine (C=N–C) groups is 1. The van der Waals surface area contributed by atoms with Crippen LogP contribution in [0.5, 0.6) is 5.75 Å². The topological polar surface area (TPSA) is 72.1 Å². The first kappa shape index (κ1) is 21.5. The van der Waals surface area contributed by atoms with Gasteiger partial charge in [-0.1, -0.05) is 6.07 Å². The zero-order valence-corrected chi connectivity index (χ0v) is 17.9. The van der Waals surface area contributed by atoms with Crippen molar-refractivity contribution in [3.05, 3.63) is 28.2 Å². The molecule has 8 heteroatoms. The molecule has 1 saturated heterocycles. The number of nitrogens with two attached hydrogens (primary N) is 1. The molecule has 0 radical (unpaired) electrons. The molecule has 1 aliphatic rings. The van der Waals surface area contributed by atoms with Gasteiger partial charge in [-0.25, -0.2) is 4.99 Å². The van der Waals surface area contributed by atoms with Crippen molar-refractivity contribution < 1.29 is 9.47 Å². The Balaban J connectivity index is 0.00000288. The van der Waals surface area contributed by atoms with Gasteiger partial charge >= 0.3 is 0 Å². The molecule has 1 fully saturated rings. The van der Waals surface area contributed by atoms with Crippen LogP contribution in [0.4, 0.5) is 0 Å². The second kappa shape index (κ2) is 11.9. The van der Waals surface area contributed by atoms with Crippen LogP contribution in [0.1, 0.15) is 12.0 Å². The van der Waals surface area contributed by atoms with Crippen molar-refractivity contribution in [3.8, 4) is 5.75 Å². The van der Waals surface area contributed by atoms with E-state index in [4.69, 9.17) is 15.2 Å². The first-order valence-electron chi connectivity index (χ1n) is 7.85. The summed E-state index contributed by atoms with van der Waals surface area (Å²) in [7, 11) is 1.65. The summed E-state index contributed by atoms with van der Waals surface area (Å²) in [6, 6.07) is 5.90. The molecule has 0 spiro atoms. The van der Waals surface area contributed by atoms with Gasteiger partial charge in [-0.15, -0.1) is 24.0 Å². The van der Waals surface area contributed by atoms with Crippen LogP contribution in [0.2, 0.25) is 0 Å². The van der Waals surface area contributed by atoms with E-state index in [1.807, 2.05) is 18.2 Å². The highest BCUT2D eigenvalue weighted by Crippen LogP contribution is 2.25. The molecule has 0 aliphatic carbocycles. The number of guanidine groups is 1. The molecule has 0 aromatic heterocycles. The fourth-order valence-corrected chi connectivity index (χ4v) is 2.97. The zero-order valence-electron chi connectivity index (χ0n) is 14.0. The lowest BCUT2D eigenvalue weighted by Gasteiger charge is -2.26. The van der Waals surface area contributed by atoms with Crippen LogP contribution in [0.15, 0.2) is 27.7 Å². The number of hydrogen-bond acceptors (Lipinski definition) is 4. The fourth-order valence-electron chi connectivity index (χ4n) is 2.38. The van der Waals surface area contributed by atoms with Crippen LogP contribution in [-0.4, -0.2) is 57.4 Å². The SMILES string of the molecule is COc1ccc(CN=C(N)NCCCN2CCOCC2)cc1Br.I. The molecule has 3 N–H and O–H groups in total. The largest absolute Gasteiger partial charge is 0.496 e. The van der Waals surface area contributed by atoms with E-state index in [0.717, 1.165) is 61.6 Å². The second-order valence-corrected chi connectivity index (χ2v) is 6.26. The number of nitrogens with zero attached hydrogens (tertiary/aromatic N) is 2. The highest BCUT2D eigenvalue weighted by Gasteiger charge is 2.09. The molecule has 24 heavy (non-hydrogen) atoms. The summed E-state index contributed by atoms with van der Waals surface area (Å²) in [5.74, 6) is 1.30. The predicted molar refractivity (Wildman–Crippen MR) is 111 cm³/mol. The Bertz CT molecular complexity index is 525. The van der Waals surface area contributed by atoms with Gasteiger partial charge in [0, 0.05) is 19.6 Å². The molecule has 136 valence electrons.